The van der Waals surface area contributed by atoms with Crippen molar-refractivity contribution in [1.29, 1.82) is 0 Å². The summed E-state index contributed by atoms with van der Waals surface area (Å²) in [5.41, 5.74) is 0.422. The summed E-state index contributed by atoms with van der Waals surface area (Å²) < 4.78 is 30.9. The number of benzene rings is 2. The lowest BCUT2D eigenvalue weighted by Gasteiger charge is -2.43. The molecule has 7 heteroatoms. The maximum Gasteiger partial charge on any atom is 0.233 e. The first-order chi connectivity index (χ1) is 13.9. The molecule has 4 rings (SSSR count). The van der Waals surface area contributed by atoms with Gasteiger partial charge in [-0.1, -0.05) is 36.6 Å². The van der Waals surface area contributed by atoms with Crippen molar-refractivity contribution in [3.05, 3.63) is 59.1 Å². The Morgan fingerprint density at radius 1 is 1.03 bits per heavy atom. The van der Waals surface area contributed by atoms with Crippen molar-refractivity contribution in [3.8, 4) is 5.75 Å². The van der Waals surface area contributed by atoms with E-state index < -0.39 is 20.5 Å². The molecule has 1 saturated carbocycles. The van der Waals surface area contributed by atoms with Crippen molar-refractivity contribution in [2.45, 2.75) is 41.2 Å². The van der Waals surface area contributed by atoms with E-state index in [-0.39, 0.29) is 23.9 Å². The van der Waals surface area contributed by atoms with E-state index in [0.717, 1.165) is 31.2 Å². The van der Waals surface area contributed by atoms with Gasteiger partial charge < -0.3 is 9.64 Å². The molecule has 0 spiro atoms. The number of sulfone groups is 1. The molecule has 1 amide bonds. The Kier molecular flexibility index (Phi) is 5.34. The Morgan fingerprint density at radius 3 is 2.17 bits per heavy atom. The number of halogens is 1. The van der Waals surface area contributed by atoms with Crippen molar-refractivity contribution < 1.29 is 17.9 Å². The van der Waals surface area contributed by atoms with Crippen LogP contribution in [0.3, 0.4) is 0 Å². The Bertz CT molecular complexity index is 990. The highest BCUT2D eigenvalue weighted by Gasteiger charge is 2.50. The van der Waals surface area contributed by atoms with E-state index >= 15 is 0 Å². The second kappa shape index (κ2) is 7.65. The van der Waals surface area contributed by atoms with Gasteiger partial charge in [0, 0.05) is 18.1 Å². The molecule has 0 radical (unpaired) electrons. The fourth-order valence-corrected chi connectivity index (χ4v) is 6.21. The van der Waals surface area contributed by atoms with Gasteiger partial charge in [-0.2, -0.15) is 0 Å². The van der Waals surface area contributed by atoms with Crippen LogP contribution in [-0.2, 0) is 20.0 Å². The smallest absolute Gasteiger partial charge is 0.233 e. The van der Waals surface area contributed by atoms with Crippen LogP contribution in [-0.4, -0.2) is 44.7 Å². The first-order valence-corrected chi connectivity index (χ1v) is 11.7. The molecular formula is C22H24ClNO4S. The van der Waals surface area contributed by atoms with E-state index in [2.05, 4.69) is 0 Å². The van der Waals surface area contributed by atoms with Crippen LogP contribution in [0.5, 0.6) is 5.75 Å². The second-order valence-corrected chi connectivity index (χ2v) is 10.5. The van der Waals surface area contributed by atoms with Crippen LogP contribution < -0.4 is 4.74 Å². The number of likely N-dealkylation sites (tertiary alicyclic amines) is 1. The van der Waals surface area contributed by atoms with Gasteiger partial charge in [0.15, 0.2) is 9.84 Å². The molecule has 2 aromatic rings. The van der Waals surface area contributed by atoms with Gasteiger partial charge in [0.25, 0.3) is 0 Å². The van der Waals surface area contributed by atoms with E-state index in [1.54, 1.807) is 36.3 Å². The van der Waals surface area contributed by atoms with Gasteiger partial charge in [-0.15, -0.1) is 0 Å². The Balaban J connectivity index is 1.50. The van der Waals surface area contributed by atoms with Gasteiger partial charge >= 0.3 is 0 Å². The van der Waals surface area contributed by atoms with E-state index in [9.17, 15) is 13.2 Å². The Hall–Kier alpha value is -2.05. The van der Waals surface area contributed by atoms with E-state index in [1.165, 1.54) is 0 Å². The molecule has 0 N–H and O–H groups in total. The van der Waals surface area contributed by atoms with Crippen LogP contribution in [0.1, 0.15) is 31.2 Å². The third-order valence-electron chi connectivity index (χ3n) is 6.23. The first-order valence-electron chi connectivity index (χ1n) is 9.80. The summed E-state index contributed by atoms with van der Waals surface area (Å²) >= 11 is 6.02. The molecule has 2 fully saturated rings. The third-order valence-corrected chi connectivity index (χ3v) is 8.58. The van der Waals surface area contributed by atoms with Crippen molar-refractivity contribution in [2.75, 3.05) is 20.2 Å². The fourth-order valence-electron chi connectivity index (χ4n) is 4.43. The number of carbonyl (C=O) groups excluding carboxylic acids is 1. The van der Waals surface area contributed by atoms with Gasteiger partial charge in [-0.25, -0.2) is 8.42 Å². The van der Waals surface area contributed by atoms with E-state index in [4.69, 9.17) is 16.3 Å². The van der Waals surface area contributed by atoms with Crippen LogP contribution in [0.2, 0.25) is 5.02 Å². The fraction of sp³-hybridized carbons (Fsp3) is 0.409. The van der Waals surface area contributed by atoms with Crippen LogP contribution in [0, 0.1) is 0 Å². The zero-order valence-corrected chi connectivity index (χ0v) is 17.9. The van der Waals surface area contributed by atoms with Crippen LogP contribution in [0.4, 0.5) is 0 Å². The predicted octanol–water partition coefficient (Wildman–Crippen LogP) is 3.85. The van der Waals surface area contributed by atoms with Crippen molar-refractivity contribution >= 4 is 27.3 Å². The Morgan fingerprint density at radius 2 is 1.62 bits per heavy atom. The summed E-state index contributed by atoms with van der Waals surface area (Å²) in [7, 11) is -1.93. The van der Waals surface area contributed by atoms with Gasteiger partial charge in [-0.3, -0.25) is 4.79 Å². The molecule has 0 atom stereocenters. The molecule has 1 heterocycles. The highest BCUT2D eigenvalue weighted by molar-refractivity contribution is 7.92. The standard InChI is InChI=1S/C22H24ClNO4S/c1-28-18-8-10-19(11-9-18)29(26,27)20-14-24(15-20)21(25)22(12-2-3-13-22)16-4-6-17(23)7-5-16/h4-11,20H,2-3,12-15H2,1H3. The average molecular weight is 434 g/mol. The minimum Gasteiger partial charge on any atom is -0.497 e. The molecule has 1 aliphatic heterocycles. The molecule has 154 valence electrons. The molecule has 2 aromatic carbocycles. The van der Waals surface area contributed by atoms with E-state index in [1.807, 2.05) is 24.3 Å². The summed E-state index contributed by atoms with van der Waals surface area (Å²) in [6.45, 7) is 0.477. The lowest BCUT2D eigenvalue weighted by molar-refractivity contribution is -0.140. The van der Waals surface area contributed by atoms with Crippen LogP contribution in [0.15, 0.2) is 53.4 Å². The minimum absolute atomic E-state index is 0.0403. The number of hydrogen-bond donors (Lipinski definition) is 0. The zero-order valence-electron chi connectivity index (χ0n) is 16.3. The second-order valence-electron chi connectivity index (χ2n) is 7.85. The summed E-state index contributed by atoms with van der Waals surface area (Å²) in [6.07, 6.45) is 3.57. The molecule has 2 aliphatic rings. The maximum absolute atomic E-state index is 13.4. The summed E-state index contributed by atoms with van der Waals surface area (Å²) in [5, 5.41) is 0.0764. The highest BCUT2D eigenvalue weighted by Crippen LogP contribution is 2.44. The average Bonchev–Trinajstić information content (AvgIpc) is 3.18. The van der Waals surface area contributed by atoms with Gasteiger partial charge in [0.05, 0.1) is 17.4 Å². The van der Waals surface area contributed by atoms with Crippen LogP contribution in [0.25, 0.3) is 0 Å². The summed E-state index contributed by atoms with van der Waals surface area (Å²) in [6, 6.07) is 13.9. The molecule has 29 heavy (non-hydrogen) atoms. The molecule has 0 aromatic heterocycles. The number of carbonyl (C=O) groups is 1. The SMILES string of the molecule is COc1ccc(S(=O)(=O)C2CN(C(=O)C3(c4ccc(Cl)cc4)CCCC3)C2)cc1. The number of amides is 1. The summed E-state index contributed by atoms with van der Waals surface area (Å²) in [5.74, 6) is 0.652. The monoisotopic (exact) mass is 433 g/mol. The molecule has 0 bridgehead atoms. The summed E-state index contributed by atoms with van der Waals surface area (Å²) in [4.78, 5) is 15.4. The molecular weight excluding hydrogens is 410 g/mol. The quantitative estimate of drug-likeness (QED) is 0.718. The molecule has 1 saturated heterocycles. The number of methoxy groups -OCH3 is 1. The van der Waals surface area contributed by atoms with Crippen molar-refractivity contribution in [1.82, 2.24) is 4.90 Å². The number of nitrogens with zero attached hydrogens (tertiary/aromatic N) is 1. The largest absolute Gasteiger partial charge is 0.497 e. The predicted molar refractivity (Wildman–Crippen MR) is 112 cm³/mol. The zero-order chi connectivity index (χ0) is 20.6. The van der Waals surface area contributed by atoms with Gasteiger partial charge in [0.1, 0.15) is 11.0 Å². The number of hydrogen-bond acceptors (Lipinski definition) is 4. The lowest BCUT2D eigenvalue weighted by Crippen LogP contribution is -2.61. The molecule has 1 aliphatic carbocycles. The minimum atomic E-state index is -3.47. The van der Waals surface area contributed by atoms with Crippen molar-refractivity contribution in [3.63, 3.8) is 0 Å². The lowest BCUT2D eigenvalue weighted by atomic mass is 9.77. The van der Waals surface area contributed by atoms with E-state index in [0.29, 0.717) is 10.8 Å². The van der Waals surface area contributed by atoms with Crippen LogP contribution >= 0.6 is 11.6 Å². The van der Waals surface area contributed by atoms with Crippen molar-refractivity contribution in [2.24, 2.45) is 0 Å². The third kappa shape index (κ3) is 3.53. The number of ether oxygens (including phenoxy) is 1. The number of rotatable bonds is 5. The van der Waals surface area contributed by atoms with Gasteiger partial charge in [0.2, 0.25) is 5.91 Å². The maximum atomic E-state index is 13.4. The van der Waals surface area contributed by atoms with Gasteiger partial charge in [-0.05, 0) is 54.8 Å². The molecule has 0 unspecified atom stereocenters. The Labute approximate surface area is 176 Å². The normalized spacial score (nSPS) is 19.0. The topological polar surface area (TPSA) is 63.7 Å². The first kappa shape index (κ1) is 20.2. The molecule has 5 nitrogen and oxygen atoms in total. The highest BCUT2D eigenvalue weighted by atomic mass is 35.5.